The molecule has 1 aromatic carbocycles. The molecule has 1 fully saturated rings. The molecule has 4 aromatic rings. The first kappa shape index (κ1) is 22.2. The molecule has 0 atom stereocenters. The number of nitrogens with one attached hydrogen (secondary N) is 1. The Morgan fingerprint density at radius 2 is 1.88 bits per heavy atom. The van der Waals surface area contributed by atoms with Gasteiger partial charge in [0.25, 0.3) is 0 Å². The summed E-state index contributed by atoms with van der Waals surface area (Å²) < 4.78 is 19.5. The minimum atomic E-state index is -0.236. The second-order valence-electron chi connectivity index (χ2n) is 8.56. The molecule has 0 amide bonds. The van der Waals surface area contributed by atoms with Crippen LogP contribution in [0.25, 0.3) is 21.8 Å². The molecule has 5 rings (SSSR count). The number of aromatic amines is 1. The van der Waals surface area contributed by atoms with Gasteiger partial charge in [-0.1, -0.05) is 6.07 Å². The number of aromatic nitrogens is 4. The van der Waals surface area contributed by atoms with Gasteiger partial charge in [0.15, 0.2) is 0 Å². The van der Waals surface area contributed by atoms with Gasteiger partial charge in [-0.15, -0.1) is 0 Å². The molecule has 0 radical (unpaired) electrons. The van der Waals surface area contributed by atoms with E-state index in [9.17, 15) is 9.18 Å². The van der Waals surface area contributed by atoms with Crippen LogP contribution in [0.3, 0.4) is 0 Å². The minimum absolute atomic E-state index is 0.194. The van der Waals surface area contributed by atoms with Crippen LogP contribution in [0.1, 0.15) is 18.5 Å². The Labute approximate surface area is 196 Å². The monoisotopic (exact) mass is 462 g/mol. The van der Waals surface area contributed by atoms with Gasteiger partial charge in [0.2, 0.25) is 5.56 Å². The number of benzene rings is 1. The van der Waals surface area contributed by atoms with Gasteiger partial charge in [-0.05, 0) is 56.0 Å². The van der Waals surface area contributed by atoms with Crippen molar-refractivity contribution in [2.45, 2.75) is 19.8 Å². The van der Waals surface area contributed by atoms with Crippen LogP contribution in [0.2, 0.25) is 0 Å². The van der Waals surface area contributed by atoms with Crippen molar-refractivity contribution >= 4 is 27.6 Å². The van der Waals surface area contributed by atoms with Crippen LogP contribution in [0, 0.1) is 12.7 Å². The van der Waals surface area contributed by atoms with E-state index >= 15 is 0 Å². The summed E-state index contributed by atoms with van der Waals surface area (Å²) in [6.07, 6.45) is 3.68. The number of hydrogen-bond acceptors (Lipinski definition) is 7. The smallest absolute Gasteiger partial charge is 0.318 e. The van der Waals surface area contributed by atoms with Gasteiger partial charge in [-0.25, -0.2) is 9.37 Å². The second kappa shape index (κ2) is 9.72. The van der Waals surface area contributed by atoms with Crippen LogP contribution in [-0.4, -0.2) is 64.2 Å². The first-order chi connectivity index (χ1) is 16.6. The Balaban J connectivity index is 1.09. The number of ether oxygens (including phenoxy) is 1. The SMILES string of the molecule is Cc1nc(OCCCCN2CCN(c3nccc4ccc(F)cc34)CC2)nc2[nH]c(=O)ccc12. The number of aryl methyl sites for hydroxylation is 1. The molecular formula is C25H27FN6O2. The van der Waals surface area contributed by atoms with E-state index in [-0.39, 0.29) is 11.4 Å². The minimum Gasteiger partial charge on any atom is -0.463 e. The highest BCUT2D eigenvalue weighted by atomic mass is 19.1. The van der Waals surface area contributed by atoms with Crippen LogP contribution in [-0.2, 0) is 0 Å². The third-order valence-electron chi connectivity index (χ3n) is 6.24. The van der Waals surface area contributed by atoms with E-state index in [1.54, 1.807) is 24.4 Å². The molecule has 0 unspecified atom stereocenters. The number of hydrogen-bond donors (Lipinski definition) is 1. The van der Waals surface area contributed by atoms with Gasteiger partial charge in [0.05, 0.1) is 12.3 Å². The molecule has 0 bridgehead atoms. The molecule has 34 heavy (non-hydrogen) atoms. The largest absolute Gasteiger partial charge is 0.463 e. The Hall–Kier alpha value is -3.59. The van der Waals surface area contributed by atoms with E-state index in [4.69, 9.17) is 4.74 Å². The van der Waals surface area contributed by atoms with Crippen molar-refractivity contribution in [3.63, 3.8) is 0 Å². The number of rotatable bonds is 7. The zero-order valence-electron chi connectivity index (χ0n) is 19.1. The van der Waals surface area contributed by atoms with Crippen LogP contribution < -0.4 is 15.2 Å². The summed E-state index contributed by atoms with van der Waals surface area (Å²) in [4.78, 5) is 32.2. The lowest BCUT2D eigenvalue weighted by Crippen LogP contribution is -2.47. The van der Waals surface area contributed by atoms with Crippen LogP contribution in [0.4, 0.5) is 10.2 Å². The van der Waals surface area contributed by atoms with Gasteiger partial charge in [-0.2, -0.15) is 9.97 Å². The predicted molar refractivity (Wildman–Crippen MR) is 130 cm³/mol. The number of H-pyrrole nitrogens is 1. The lowest BCUT2D eigenvalue weighted by Gasteiger charge is -2.35. The number of unbranched alkanes of at least 4 members (excludes halogenated alkanes) is 1. The quantitative estimate of drug-likeness (QED) is 0.422. The molecule has 0 aliphatic carbocycles. The number of piperazine rings is 1. The first-order valence-electron chi connectivity index (χ1n) is 11.6. The number of pyridine rings is 2. The third-order valence-corrected chi connectivity index (χ3v) is 6.24. The molecule has 0 spiro atoms. The average Bonchev–Trinajstić information content (AvgIpc) is 2.83. The zero-order valence-corrected chi connectivity index (χ0v) is 19.1. The van der Waals surface area contributed by atoms with E-state index in [1.807, 2.05) is 13.0 Å². The lowest BCUT2D eigenvalue weighted by molar-refractivity contribution is 0.234. The maximum atomic E-state index is 13.8. The maximum absolute atomic E-state index is 13.8. The standard InChI is InChI=1S/C25H27FN6O2/c1-17-20-6-7-22(33)29-23(20)30-25(28-17)34-15-3-2-10-31-11-13-32(14-12-31)24-21-16-19(26)5-4-18(21)8-9-27-24/h4-9,16H,2-3,10-15H2,1H3,(H,28,29,30,33). The summed E-state index contributed by atoms with van der Waals surface area (Å²) >= 11 is 0. The zero-order chi connectivity index (χ0) is 23.5. The highest BCUT2D eigenvalue weighted by Crippen LogP contribution is 2.26. The summed E-state index contributed by atoms with van der Waals surface area (Å²) in [6, 6.07) is 10.3. The predicted octanol–water partition coefficient (Wildman–Crippen LogP) is 3.30. The summed E-state index contributed by atoms with van der Waals surface area (Å²) in [5, 5.41) is 2.68. The van der Waals surface area contributed by atoms with Gasteiger partial charge in [0, 0.05) is 49.2 Å². The van der Waals surface area contributed by atoms with Gasteiger partial charge in [-0.3, -0.25) is 9.69 Å². The highest BCUT2D eigenvalue weighted by molar-refractivity contribution is 5.92. The Bertz CT molecular complexity index is 1370. The third kappa shape index (κ3) is 4.84. The molecule has 1 aliphatic rings. The summed E-state index contributed by atoms with van der Waals surface area (Å²) in [6.45, 7) is 6.98. The van der Waals surface area contributed by atoms with Crippen molar-refractivity contribution < 1.29 is 9.13 Å². The lowest BCUT2D eigenvalue weighted by atomic mass is 10.1. The van der Waals surface area contributed by atoms with Gasteiger partial charge in [0.1, 0.15) is 17.3 Å². The van der Waals surface area contributed by atoms with Crippen molar-refractivity contribution in [3.05, 3.63) is 64.5 Å². The number of anilines is 1. The molecule has 0 saturated carbocycles. The molecular weight excluding hydrogens is 435 g/mol. The van der Waals surface area contributed by atoms with Crippen molar-refractivity contribution in [2.75, 3.05) is 44.2 Å². The Morgan fingerprint density at radius 1 is 1.03 bits per heavy atom. The van der Waals surface area contributed by atoms with Gasteiger partial charge >= 0.3 is 6.01 Å². The Morgan fingerprint density at radius 3 is 2.74 bits per heavy atom. The first-order valence-corrected chi connectivity index (χ1v) is 11.6. The molecule has 1 aliphatic heterocycles. The van der Waals surface area contributed by atoms with Crippen molar-refractivity contribution in [1.29, 1.82) is 0 Å². The van der Waals surface area contributed by atoms with E-state index in [0.29, 0.717) is 18.3 Å². The number of nitrogens with zero attached hydrogens (tertiary/aromatic N) is 5. The topological polar surface area (TPSA) is 87.2 Å². The maximum Gasteiger partial charge on any atom is 0.318 e. The van der Waals surface area contributed by atoms with E-state index in [1.165, 1.54) is 12.1 Å². The van der Waals surface area contributed by atoms with E-state index < -0.39 is 0 Å². The summed E-state index contributed by atoms with van der Waals surface area (Å²) in [5.74, 6) is 0.622. The van der Waals surface area contributed by atoms with Crippen LogP contribution >= 0.6 is 0 Å². The van der Waals surface area contributed by atoms with Crippen LogP contribution in [0.15, 0.2) is 47.4 Å². The van der Waals surface area contributed by atoms with Crippen molar-refractivity contribution in [1.82, 2.24) is 24.8 Å². The molecule has 4 heterocycles. The summed E-state index contributed by atoms with van der Waals surface area (Å²) in [7, 11) is 0. The fraction of sp³-hybridized carbons (Fsp3) is 0.360. The molecule has 176 valence electrons. The number of halogens is 1. The second-order valence-corrected chi connectivity index (χ2v) is 8.56. The van der Waals surface area contributed by atoms with E-state index in [0.717, 1.165) is 73.2 Å². The fourth-order valence-corrected chi connectivity index (χ4v) is 4.39. The molecule has 9 heteroatoms. The van der Waals surface area contributed by atoms with Crippen molar-refractivity contribution in [3.8, 4) is 6.01 Å². The summed E-state index contributed by atoms with van der Waals surface area (Å²) in [5.41, 5.74) is 1.08. The fourth-order valence-electron chi connectivity index (χ4n) is 4.39. The molecule has 8 nitrogen and oxygen atoms in total. The normalized spacial score (nSPS) is 14.7. The highest BCUT2D eigenvalue weighted by Gasteiger charge is 2.19. The molecule has 1 N–H and O–H groups in total. The molecule has 3 aromatic heterocycles. The van der Waals surface area contributed by atoms with Crippen LogP contribution in [0.5, 0.6) is 6.01 Å². The average molecular weight is 463 g/mol. The number of fused-ring (bicyclic) bond motifs is 2. The Kier molecular flexibility index (Phi) is 6.35. The molecule has 1 saturated heterocycles. The van der Waals surface area contributed by atoms with E-state index in [2.05, 4.69) is 29.7 Å². The van der Waals surface area contributed by atoms with Crippen molar-refractivity contribution in [2.24, 2.45) is 0 Å². The van der Waals surface area contributed by atoms with Gasteiger partial charge < -0.3 is 14.6 Å².